The van der Waals surface area contributed by atoms with E-state index in [-0.39, 0.29) is 49.0 Å². The minimum atomic E-state index is -3.66. The molecule has 2 aromatic rings. The minimum Gasteiger partial charge on any atom is -0.346 e. The molecule has 2 aliphatic carbocycles. The maximum Gasteiger partial charge on any atom is 0.349 e. The van der Waals surface area contributed by atoms with Gasteiger partial charge in [0, 0.05) is 30.6 Å². The molecule has 0 bridgehead atoms. The zero-order valence-electron chi connectivity index (χ0n) is 18.5. The molecule has 0 saturated heterocycles. The predicted molar refractivity (Wildman–Crippen MR) is 118 cm³/mol. The number of carbonyl (C=O) groups excluding carboxylic acids is 4. The van der Waals surface area contributed by atoms with E-state index in [1.165, 1.54) is 17.0 Å². The average molecular weight is 466 g/mol. The molecule has 0 radical (unpaired) electrons. The molecule has 1 atom stereocenters. The van der Waals surface area contributed by atoms with Crippen molar-refractivity contribution in [3.8, 4) is 0 Å². The molecule has 0 aromatic heterocycles. The highest BCUT2D eigenvalue weighted by Crippen LogP contribution is 2.41. The van der Waals surface area contributed by atoms with E-state index in [1.54, 1.807) is 30.3 Å². The van der Waals surface area contributed by atoms with Crippen molar-refractivity contribution in [3.63, 3.8) is 0 Å². The fourth-order valence-corrected chi connectivity index (χ4v) is 4.75. The molecule has 2 amide bonds. The molecular weight excluding hydrogens is 442 g/mol. The zero-order chi connectivity index (χ0) is 24.0. The van der Waals surface area contributed by atoms with Crippen LogP contribution in [0.25, 0.3) is 0 Å². The number of benzene rings is 2. The van der Waals surface area contributed by atoms with E-state index in [4.69, 9.17) is 0 Å². The largest absolute Gasteiger partial charge is 0.349 e. The van der Waals surface area contributed by atoms with Gasteiger partial charge in [-0.05, 0) is 47.9 Å². The van der Waals surface area contributed by atoms with Crippen LogP contribution in [0.2, 0.25) is 0 Å². The number of alkyl halides is 2. The summed E-state index contributed by atoms with van der Waals surface area (Å²) < 4.78 is 29.3. The van der Waals surface area contributed by atoms with Crippen LogP contribution >= 0.6 is 0 Å². The summed E-state index contributed by atoms with van der Waals surface area (Å²) in [6.45, 7) is 0.0942. The van der Waals surface area contributed by atoms with E-state index >= 15 is 0 Å². The van der Waals surface area contributed by atoms with Crippen molar-refractivity contribution < 1.29 is 28.0 Å². The van der Waals surface area contributed by atoms with E-state index < -0.39 is 17.9 Å². The number of nitrogens with one attached hydrogen (secondary N) is 1. The number of rotatable bonds is 6. The Balaban J connectivity index is 1.23. The topological polar surface area (TPSA) is 83.6 Å². The Morgan fingerprint density at radius 1 is 1.03 bits per heavy atom. The standard InChI is InChI=1S/C26H24F2N2O4/c27-26(28,19-6-4-17(5-7-19)16-2-3-16)25(34)29-13-15-1-9-21-18(11-15)14-30(24(21)33)22-10-8-20(31)12-23(22)32/h1,4-7,9,11,16,22H,2-3,8,10,12-14H2,(H,29,34). The summed E-state index contributed by atoms with van der Waals surface area (Å²) in [5.74, 6) is -5.25. The SMILES string of the molecule is O=C1CCC(N2Cc3cc(CNC(=O)C(F)(F)c4ccc(C5CC5)cc4)ccc3C2=O)C(=O)C1. The first kappa shape index (κ1) is 22.4. The van der Waals surface area contributed by atoms with E-state index in [2.05, 4.69) is 5.32 Å². The van der Waals surface area contributed by atoms with Gasteiger partial charge < -0.3 is 10.2 Å². The normalized spacial score (nSPS) is 20.5. The second-order valence-electron chi connectivity index (χ2n) is 9.31. The zero-order valence-corrected chi connectivity index (χ0v) is 18.5. The monoisotopic (exact) mass is 466 g/mol. The summed E-state index contributed by atoms with van der Waals surface area (Å²) in [7, 11) is 0. The summed E-state index contributed by atoms with van der Waals surface area (Å²) in [6, 6.07) is 10.2. The number of ketones is 2. The van der Waals surface area contributed by atoms with Gasteiger partial charge >= 0.3 is 5.92 Å². The van der Waals surface area contributed by atoms with Gasteiger partial charge in [0.1, 0.15) is 5.78 Å². The molecule has 1 unspecified atom stereocenters. The maximum atomic E-state index is 14.7. The van der Waals surface area contributed by atoms with Gasteiger partial charge in [-0.2, -0.15) is 8.78 Å². The molecule has 1 N–H and O–H groups in total. The Labute approximate surface area is 195 Å². The van der Waals surface area contributed by atoms with Gasteiger partial charge in [0.2, 0.25) is 0 Å². The summed E-state index contributed by atoms with van der Waals surface area (Å²) in [5.41, 5.74) is 2.36. The fourth-order valence-electron chi connectivity index (χ4n) is 4.75. The Morgan fingerprint density at radius 2 is 1.76 bits per heavy atom. The molecule has 2 aromatic carbocycles. The van der Waals surface area contributed by atoms with E-state index in [1.807, 2.05) is 0 Å². The maximum absolute atomic E-state index is 14.7. The summed E-state index contributed by atoms with van der Waals surface area (Å²) in [6.07, 6.45) is 2.57. The quantitative estimate of drug-likeness (QED) is 0.660. The van der Waals surface area contributed by atoms with E-state index in [0.717, 1.165) is 18.4 Å². The van der Waals surface area contributed by atoms with E-state index in [9.17, 15) is 28.0 Å². The highest BCUT2D eigenvalue weighted by atomic mass is 19.3. The molecular formula is C26H24F2N2O4. The molecule has 5 rings (SSSR count). The molecule has 6 nitrogen and oxygen atoms in total. The Morgan fingerprint density at radius 3 is 2.44 bits per heavy atom. The molecule has 0 spiro atoms. The van der Waals surface area contributed by atoms with Crippen LogP contribution in [-0.2, 0) is 33.4 Å². The highest BCUT2D eigenvalue weighted by molar-refractivity contribution is 6.07. The van der Waals surface area contributed by atoms with Crippen LogP contribution in [0.5, 0.6) is 0 Å². The first-order valence-electron chi connectivity index (χ1n) is 11.5. The minimum absolute atomic E-state index is 0.112. The number of Topliss-reactive ketones (excluding diaryl/α,β-unsaturated/α-hetero) is 2. The fraction of sp³-hybridized carbons (Fsp3) is 0.385. The predicted octanol–water partition coefficient (Wildman–Crippen LogP) is 3.62. The Bertz CT molecular complexity index is 1190. The van der Waals surface area contributed by atoms with Gasteiger partial charge in [0.05, 0.1) is 12.5 Å². The lowest BCUT2D eigenvalue weighted by Crippen LogP contribution is -2.44. The van der Waals surface area contributed by atoms with Crippen LogP contribution in [0.1, 0.15) is 70.6 Å². The molecule has 34 heavy (non-hydrogen) atoms. The second kappa shape index (κ2) is 8.42. The van der Waals surface area contributed by atoms with Crippen molar-refractivity contribution in [1.82, 2.24) is 10.2 Å². The van der Waals surface area contributed by atoms with Gasteiger partial charge in [-0.1, -0.05) is 36.4 Å². The summed E-state index contributed by atoms with van der Waals surface area (Å²) in [5, 5.41) is 2.30. The van der Waals surface area contributed by atoms with Crippen molar-refractivity contribution in [2.24, 2.45) is 0 Å². The number of hydrogen-bond acceptors (Lipinski definition) is 4. The average Bonchev–Trinajstić information content (AvgIpc) is 3.62. The second-order valence-corrected chi connectivity index (χ2v) is 9.31. The van der Waals surface area contributed by atoms with Crippen LogP contribution in [0.4, 0.5) is 8.78 Å². The smallest absolute Gasteiger partial charge is 0.346 e. The third kappa shape index (κ3) is 4.13. The number of fused-ring (bicyclic) bond motifs is 1. The van der Waals surface area contributed by atoms with Gasteiger partial charge in [-0.25, -0.2) is 0 Å². The Hall–Kier alpha value is -3.42. The van der Waals surface area contributed by atoms with E-state index in [0.29, 0.717) is 29.0 Å². The van der Waals surface area contributed by atoms with Crippen molar-refractivity contribution in [1.29, 1.82) is 0 Å². The first-order valence-corrected chi connectivity index (χ1v) is 11.5. The first-order chi connectivity index (χ1) is 16.2. The van der Waals surface area contributed by atoms with Gasteiger partial charge in [-0.15, -0.1) is 0 Å². The molecule has 176 valence electrons. The van der Waals surface area contributed by atoms with Crippen molar-refractivity contribution in [2.75, 3.05) is 0 Å². The molecule has 1 aliphatic heterocycles. The van der Waals surface area contributed by atoms with Gasteiger partial charge in [-0.3, -0.25) is 19.2 Å². The lowest BCUT2D eigenvalue weighted by Gasteiger charge is -2.29. The number of amides is 2. The summed E-state index contributed by atoms with van der Waals surface area (Å²) >= 11 is 0. The van der Waals surface area contributed by atoms with Gasteiger partial charge in [0.15, 0.2) is 5.78 Å². The third-order valence-electron chi connectivity index (χ3n) is 6.88. The van der Waals surface area contributed by atoms with Crippen molar-refractivity contribution in [2.45, 2.75) is 63.1 Å². The Kier molecular flexibility index (Phi) is 5.54. The number of nitrogens with zero attached hydrogens (tertiary/aromatic N) is 1. The van der Waals surface area contributed by atoms with Crippen molar-refractivity contribution >= 4 is 23.4 Å². The number of carbonyl (C=O) groups is 4. The van der Waals surface area contributed by atoms with Crippen molar-refractivity contribution in [3.05, 3.63) is 70.3 Å². The van der Waals surface area contributed by atoms with Crippen LogP contribution < -0.4 is 5.32 Å². The lowest BCUT2D eigenvalue weighted by atomic mass is 9.92. The lowest BCUT2D eigenvalue weighted by molar-refractivity contribution is -0.147. The molecule has 1 heterocycles. The molecule has 3 aliphatic rings. The third-order valence-corrected chi connectivity index (χ3v) is 6.88. The van der Waals surface area contributed by atoms with Crippen LogP contribution in [0.15, 0.2) is 42.5 Å². The van der Waals surface area contributed by atoms with Crippen LogP contribution in [0.3, 0.4) is 0 Å². The molecule has 2 saturated carbocycles. The highest BCUT2D eigenvalue weighted by Gasteiger charge is 2.41. The number of hydrogen-bond donors (Lipinski definition) is 1. The molecule has 2 fully saturated rings. The van der Waals surface area contributed by atoms with Crippen LogP contribution in [-0.4, -0.2) is 34.3 Å². The molecule has 8 heteroatoms. The summed E-state index contributed by atoms with van der Waals surface area (Å²) in [4.78, 5) is 50.3. The number of halogens is 2. The van der Waals surface area contributed by atoms with Gasteiger partial charge in [0.25, 0.3) is 11.8 Å². The van der Waals surface area contributed by atoms with Crippen LogP contribution in [0, 0.1) is 0 Å².